The van der Waals surface area contributed by atoms with E-state index in [4.69, 9.17) is 11.6 Å². The molecule has 1 aliphatic rings. The van der Waals surface area contributed by atoms with Crippen LogP contribution in [0.3, 0.4) is 0 Å². The molecule has 0 radical (unpaired) electrons. The van der Waals surface area contributed by atoms with Crippen LogP contribution in [0.4, 0.5) is 0 Å². The van der Waals surface area contributed by atoms with Crippen molar-refractivity contribution in [1.29, 1.82) is 0 Å². The molecule has 1 aliphatic carbocycles. The number of aliphatic hydroxyl groups is 1. The first kappa shape index (κ1) is 16.7. The van der Waals surface area contributed by atoms with Crippen molar-refractivity contribution in [2.24, 2.45) is 11.8 Å². The van der Waals surface area contributed by atoms with E-state index in [1.54, 1.807) is 11.8 Å². The Bertz CT molecular complexity index is 469. The van der Waals surface area contributed by atoms with Gasteiger partial charge in [0.15, 0.2) is 0 Å². The quantitative estimate of drug-likeness (QED) is 0.755. The highest BCUT2D eigenvalue weighted by Crippen LogP contribution is 2.30. The molecule has 0 spiro atoms. The molecule has 3 nitrogen and oxygen atoms in total. The largest absolute Gasteiger partial charge is 0.396 e. The van der Waals surface area contributed by atoms with Crippen molar-refractivity contribution >= 4 is 29.3 Å². The highest BCUT2D eigenvalue weighted by Gasteiger charge is 2.26. The number of nitrogens with one attached hydrogen (secondary N) is 1. The van der Waals surface area contributed by atoms with Crippen LogP contribution in [0.1, 0.15) is 25.7 Å². The fourth-order valence-corrected chi connectivity index (χ4v) is 3.96. The second kappa shape index (κ2) is 8.66. The molecule has 1 aromatic carbocycles. The van der Waals surface area contributed by atoms with Gasteiger partial charge >= 0.3 is 0 Å². The topological polar surface area (TPSA) is 49.3 Å². The first-order valence-electron chi connectivity index (χ1n) is 7.45. The Morgan fingerprint density at radius 3 is 2.86 bits per heavy atom. The Hall–Kier alpha value is -0.710. The number of carbonyl (C=O) groups excluding carboxylic acids is 1. The predicted octanol–water partition coefficient (Wildman–Crippen LogP) is 3.35. The Morgan fingerprint density at radius 2 is 2.10 bits per heavy atom. The lowest BCUT2D eigenvalue weighted by Gasteiger charge is -2.17. The van der Waals surface area contributed by atoms with E-state index in [1.165, 1.54) is 0 Å². The van der Waals surface area contributed by atoms with E-state index in [2.05, 4.69) is 5.32 Å². The zero-order chi connectivity index (χ0) is 15.1. The number of thioether (sulfide) groups is 1. The van der Waals surface area contributed by atoms with Gasteiger partial charge in [-0.05, 0) is 36.8 Å². The van der Waals surface area contributed by atoms with E-state index in [0.717, 1.165) is 34.9 Å². The van der Waals surface area contributed by atoms with Crippen LogP contribution in [0.25, 0.3) is 0 Å². The van der Waals surface area contributed by atoms with E-state index in [-0.39, 0.29) is 12.5 Å². The van der Waals surface area contributed by atoms with Gasteiger partial charge in [0.2, 0.25) is 5.91 Å². The zero-order valence-corrected chi connectivity index (χ0v) is 13.6. The molecule has 0 bridgehead atoms. The lowest BCUT2D eigenvalue weighted by atomic mass is 9.97. The van der Waals surface area contributed by atoms with Gasteiger partial charge in [-0.2, -0.15) is 0 Å². The van der Waals surface area contributed by atoms with Crippen LogP contribution in [-0.4, -0.2) is 29.9 Å². The average Bonchev–Trinajstić information content (AvgIpc) is 2.94. The van der Waals surface area contributed by atoms with Crippen molar-refractivity contribution in [3.8, 4) is 0 Å². The predicted molar refractivity (Wildman–Crippen MR) is 87.7 cm³/mol. The van der Waals surface area contributed by atoms with Gasteiger partial charge in [-0.25, -0.2) is 0 Å². The van der Waals surface area contributed by atoms with Gasteiger partial charge < -0.3 is 10.4 Å². The summed E-state index contributed by atoms with van der Waals surface area (Å²) in [6, 6.07) is 7.68. The van der Waals surface area contributed by atoms with Crippen LogP contribution in [0.2, 0.25) is 5.02 Å². The molecule has 2 atom stereocenters. The van der Waals surface area contributed by atoms with Gasteiger partial charge in [-0.3, -0.25) is 4.79 Å². The standard InChI is InChI=1S/C16H22ClNO2S/c17-14-6-1-2-7-15(14)21-9-8-16(20)18-10-12-4-3-5-13(12)11-19/h1-2,6-7,12-13,19H,3-5,8-11H2,(H,18,20). The summed E-state index contributed by atoms with van der Waals surface area (Å²) in [5.41, 5.74) is 0. The van der Waals surface area contributed by atoms with Crippen LogP contribution in [-0.2, 0) is 4.79 Å². The van der Waals surface area contributed by atoms with E-state index in [1.807, 2.05) is 24.3 Å². The van der Waals surface area contributed by atoms with Crippen molar-refractivity contribution in [2.45, 2.75) is 30.6 Å². The second-order valence-electron chi connectivity index (χ2n) is 5.47. The summed E-state index contributed by atoms with van der Waals surface area (Å²) >= 11 is 7.68. The fraction of sp³-hybridized carbons (Fsp3) is 0.562. The molecule has 21 heavy (non-hydrogen) atoms. The van der Waals surface area contributed by atoms with E-state index in [9.17, 15) is 9.90 Å². The molecule has 5 heteroatoms. The lowest BCUT2D eigenvalue weighted by molar-refractivity contribution is -0.120. The molecule has 1 fully saturated rings. The molecule has 2 rings (SSSR count). The number of halogens is 1. The molecule has 116 valence electrons. The number of rotatable bonds is 7. The molecule has 1 saturated carbocycles. The molecule has 1 amide bonds. The first-order valence-corrected chi connectivity index (χ1v) is 8.82. The highest BCUT2D eigenvalue weighted by molar-refractivity contribution is 7.99. The van der Waals surface area contributed by atoms with Gasteiger partial charge in [0.05, 0.1) is 5.02 Å². The maximum absolute atomic E-state index is 11.8. The molecule has 0 aliphatic heterocycles. The minimum absolute atomic E-state index is 0.0816. The third kappa shape index (κ3) is 5.20. The summed E-state index contributed by atoms with van der Waals surface area (Å²) in [7, 11) is 0. The Kier molecular flexibility index (Phi) is 6.87. The highest BCUT2D eigenvalue weighted by atomic mass is 35.5. The normalized spacial score (nSPS) is 21.4. The van der Waals surface area contributed by atoms with Crippen molar-refractivity contribution in [2.75, 3.05) is 18.9 Å². The SMILES string of the molecule is O=C(CCSc1ccccc1Cl)NCC1CCCC1CO. The van der Waals surface area contributed by atoms with Crippen LogP contribution in [0, 0.1) is 11.8 Å². The minimum atomic E-state index is 0.0816. The fourth-order valence-electron chi connectivity index (χ4n) is 2.77. The zero-order valence-electron chi connectivity index (χ0n) is 12.1. The van der Waals surface area contributed by atoms with Crippen LogP contribution >= 0.6 is 23.4 Å². The first-order chi connectivity index (χ1) is 10.2. The van der Waals surface area contributed by atoms with Gasteiger partial charge in [-0.15, -0.1) is 11.8 Å². The second-order valence-corrected chi connectivity index (χ2v) is 7.01. The van der Waals surface area contributed by atoms with Gasteiger partial charge in [0.1, 0.15) is 0 Å². The molecule has 1 aromatic rings. The third-order valence-electron chi connectivity index (χ3n) is 4.04. The van der Waals surface area contributed by atoms with Crippen LogP contribution in [0.5, 0.6) is 0 Å². The monoisotopic (exact) mass is 327 g/mol. The summed E-state index contributed by atoms with van der Waals surface area (Å²) in [4.78, 5) is 12.9. The molecule has 0 saturated heterocycles. The third-order valence-corrected chi connectivity index (χ3v) is 5.55. The lowest BCUT2D eigenvalue weighted by Crippen LogP contribution is -2.31. The number of hydrogen-bond acceptors (Lipinski definition) is 3. The smallest absolute Gasteiger partial charge is 0.220 e. The summed E-state index contributed by atoms with van der Waals surface area (Å²) in [6.45, 7) is 0.934. The number of aliphatic hydroxyl groups excluding tert-OH is 1. The van der Waals surface area contributed by atoms with E-state index < -0.39 is 0 Å². The van der Waals surface area contributed by atoms with Crippen LogP contribution < -0.4 is 5.32 Å². The number of hydrogen-bond donors (Lipinski definition) is 2. The van der Waals surface area contributed by atoms with Gasteiger partial charge in [0.25, 0.3) is 0 Å². The summed E-state index contributed by atoms with van der Waals surface area (Å²) in [5, 5.41) is 13.0. The summed E-state index contributed by atoms with van der Waals surface area (Å²) < 4.78 is 0. The van der Waals surface area contributed by atoms with Crippen molar-refractivity contribution in [3.05, 3.63) is 29.3 Å². The molecular formula is C16H22ClNO2S. The Labute approximate surface area is 135 Å². The van der Waals surface area contributed by atoms with E-state index in [0.29, 0.717) is 24.8 Å². The molecule has 2 N–H and O–H groups in total. The Balaban J connectivity index is 1.65. The van der Waals surface area contributed by atoms with Crippen molar-refractivity contribution in [1.82, 2.24) is 5.32 Å². The molecular weight excluding hydrogens is 306 g/mol. The van der Waals surface area contributed by atoms with Crippen molar-refractivity contribution in [3.63, 3.8) is 0 Å². The van der Waals surface area contributed by atoms with E-state index >= 15 is 0 Å². The van der Waals surface area contributed by atoms with Gasteiger partial charge in [0, 0.05) is 30.2 Å². The minimum Gasteiger partial charge on any atom is -0.396 e. The van der Waals surface area contributed by atoms with Crippen molar-refractivity contribution < 1.29 is 9.90 Å². The van der Waals surface area contributed by atoms with Crippen LogP contribution in [0.15, 0.2) is 29.2 Å². The average molecular weight is 328 g/mol. The summed E-state index contributed by atoms with van der Waals surface area (Å²) in [6.07, 6.45) is 3.85. The molecule has 2 unspecified atom stereocenters. The Morgan fingerprint density at radius 1 is 1.33 bits per heavy atom. The summed E-state index contributed by atoms with van der Waals surface area (Å²) in [5.74, 6) is 1.61. The number of carbonyl (C=O) groups is 1. The number of benzene rings is 1. The molecule has 0 aromatic heterocycles. The van der Waals surface area contributed by atoms with Gasteiger partial charge in [-0.1, -0.05) is 30.2 Å². The maximum Gasteiger partial charge on any atom is 0.220 e. The molecule has 0 heterocycles. The number of amides is 1. The maximum atomic E-state index is 11.8.